The number of nitrogens with zero attached hydrogens (tertiary/aromatic N) is 1. The summed E-state index contributed by atoms with van der Waals surface area (Å²) in [5, 5.41) is 0.342. The van der Waals surface area contributed by atoms with Crippen molar-refractivity contribution in [3.63, 3.8) is 0 Å². The van der Waals surface area contributed by atoms with Crippen molar-refractivity contribution in [3.05, 3.63) is 53.3 Å². The lowest BCUT2D eigenvalue weighted by molar-refractivity contribution is 0.511. The minimum atomic E-state index is -0.910. The Balaban J connectivity index is 2.65. The largest absolute Gasteiger partial charge is 0.264 e. The molecular formula is C11H6ClF2N. The topological polar surface area (TPSA) is 12.9 Å². The van der Waals surface area contributed by atoms with E-state index in [1.54, 1.807) is 0 Å². The zero-order valence-corrected chi connectivity index (χ0v) is 8.30. The normalized spacial score (nSPS) is 10.3. The van der Waals surface area contributed by atoms with Crippen molar-refractivity contribution in [2.45, 2.75) is 0 Å². The van der Waals surface area contributed by atoms with Gasteiger partial charge in [-0.2, -0.15) is 0 Å². The summed E-state index contributed by atoms with van der Waals surface area (Å²) in [6, 6.07) is 5.47. The third-order valence-electron chi connectivity index (χ3n) is 2.01. The van der Waals surface area contributed by atoms with E-state index in [0.717, 1.165) is 6.07 Å². The Labute approximate surface area is 90.3 Å². The smallest absolute Gasteiger partial charge is 0.166 e. The number of benzene rings is 1. The highest BCUT2D eigenvalue weighted by atomic mass is 35.5. The molecule has 0 unspecified atom stereocenters. The maximum absolute atomic E-state index is 13.4. The summed E-state index contributed by atoms with van der Waals surface area (Å²) in [6.45, 7) is 0. The van der Waals surface area contributed by atoms with Crippen LogP contribution in [0.1, 0.15) is 0 Å². The molecule has 0 N–H and O–H groups in total. The van der Waals surface area contributed by atoms with E-state index in [1.807, 2.05) is 0 Å². The molecule has 0 aliphatic heterocycles. The monoisotopic (exact) mass is 225 g/mol. The van der Waals surface area contributed by atoms with Crippen LogP contribution in [0.15, 0.2) is 36.7 Å². The standard InChI is InChI=1S/C11H6ClF2N/c12-9-4-5-15-6-8(9)7-2-1-3-10(13)11(7)14/h1-6H. The molecule has 1 heterocycles. The van der Waals surface area contributed by atoms with Crippen LogP contribution < -0.4 is 0 Å². The molecule has 0 fully saturated rings. The third-order valence-corrected chi connectivity index (χ3v) is 2.34. The van der Waals surface area contributed by atoms with Crippen LogP contribution in [0.3, 0.4) is 0 Å². The first-order chi connectivity index (χ1) is 7.20. The summed E-state index contributed by atoms with van der Waals surface area (Å²) in [5.41, 5.74) is 0.504. The van der Waals surface area contributed by atoms with Crippen LogP contribution in [0.5, 0.6) is 0 Å². The second-order valence-electron chi connectivity index (χ2n) is 2.96. The van der Waals surface area contributed by atoms with Gasteiger partial charge in [0.05, 0.1) is 5.02 Å². The van der Waals surface area contributed by atoms with Crippen LogP contribution in [0.4, 0.5) is 8.78 Å². The fourth-order valence-corrected chi connectivity index (χ4v) is 1.49. The molecule has 0 spiro atoms. The first kappa shape index (κ1) is 10.1. The van der Waals surface area contributed by atoms with E-state index >= 15 is 0 Å². The molecule has 2 aromatic rings. The Kier molecular flexibility index (Phi) is 2.64. The Morgan fingerprint density at radius 1 is 1.07 bits per heavy atom. The van der Waals surface area contributed by atoms with Crippen molar-refractivity contribution in [1.82, 2.24) is 4.98 Å². The number of rotatable bonds is 1. The average Bonchev–Trinajstić information content (AvgIpc) is 2.23. The Hall–Kier alpha value is -1.48. The summed E-state index contributed by atoms with van der Waals surface area (Å²) in [4.78, 5) is 3.82. The Bertz CT molecular complexity index is 500. The van der Waals surface area contributed by atoms with Gasteiger partial charge >= 0.3 is 0 Å². The molecule has 76 valence electrons. The van der Waals surface area contributed by atoms with Crippen LogP contribution in [0, 0.1) is 11.6 Å². The summed E-state index contributed by atoms with van der Waals surface area (Å²) in [7, 11) is 0. The second-order valence-corrected chi connectivity index (χ2v) is 3.36. The molecule has 0 radical (unpaired) electrons. The fraction of sp³-hybridized carbons (Fsp3) is 0. The minimum Gasteiger partial charge on any atom is -0.264 e. The number of pyridine rings is 1. The van der Waals surface area contributed by atoms with Gasteiger partial charge in [-0.1, -0.05) is 23.7 Å². The molecule has 0 atom stereocenters. The first-order valence-corrected chi connectivity index (χ1v) is 4.62. The lowest BCUT2D eigenvalue weighted by atomic mass is 10.1. The molecular weight excluding hydrogens is 220 g/mol. The predicted octanol–water partition coefficient (Wildman–Crippen LogP) is 3.68. The van der Waals surface area contributed by atoms with E-state index in [-0.39, 0.29) is 5.56 Å². The van der Waals surface area contributed by atoms with Crippen LogP contribution in [0.2, 0.25) is 5.02 Å². The third kappa shape index (κ3) is 1.83. The summed E-state index contributed by atoms with van der Waals surface area (Å²) in [5.74, 6) is -1.81. The van der Waals surface area contributed by atoms with E-state index in [9.17, 15) is 8.78 Å². The van der Waals surface area contributed by atoms with E-state index in [1.165, 1.54) is 30.6 Å². The highest BCUT2D eigenvalue weighted by Crippen LogP contribution is 2.29. The maximum atomic E-state index is 13.4. The van der Waals surface area contributed by atoms with Crippen molar-refractivity contribution in [1.29, 1.82) is 0 Å². The van der Waals surface area contributed by atoms with Gasteiger partial charge in [0.15, 0.2) is 11.6 Å². The van der Waals surface area contributed by atoms with Gasteiger partial charge in [-0.25, -0.2) is 8.78 Å². The van der Waals surface area contributed by atoms with Gasteiger partial charge in [0, 0.05) is 23.5 Å². The van der Waals surface area contributed by atoms with E-state index < -0.39 is 11.6 Å². The number of aromatic nitrogens is 1. The van der Waals surface area contributed by atoms with Gasteiger partial charge in [-0.3, -0.25) is 4.98 Å². The second kappa shape index (κ2) is 3.95. The molecule has 1 nitrogen and oxygen atoms in total. The molecule has 0 bridgehead atoms. The van der Waals surface area contributed by atoms with Crippen LogP contribution in [-0.2, 0) is 0 Å². The van der Waals surface area contributed by atoms with Gasteiger partial charge in [-0.05, 0) is 12.1 Å². The van der Waals surface area contributed by atoms with Crippen molar-refractivity contribution in [3.8, 4) is 11.1 Å². The molecule has 0 aliphatic carbocycles. The Morgan fingerprint density at radius 3 is 2.60 bits per heavy atom. The molecule has 1 aromatic carbocycles. The minimum absolute atomic E-state index is 0.119. The summed E-state index contributed by atoms with van der Waals surface area (Å²) in [6.07, 6.45) is 2.89. The van der Waals surface area contributed by atoms with Crippen LogP contribution in [0.25, 0.3) is 11.1 Å². The van der Waals surface area contributed by atoms with Gasteiger partial charge in [0.25, 0.3) is 0 Å². The summed E-state index contributed by atoms with van der Waals surface area (Å²) < 4.78 is 26.4. The molecule has 0 aliphatic rings. The van der Waals surface area contributed by atoms with E-state index in [4.69, 9.17) is 11.6 Å². The first-order valence-electron chi connectivity index (χ1n) is 4.24. The van der Waals surface area contributed by atoms with Crippen molar-refractivity contribution < 1.29 is 8.78 Å². The number of hydrogen-bond acceptors (Lipinski definition) is 1. The Morgan fingerprint density at radius 2 is 1.87 bits per heavy atom. The van der Waals surface area contributed by atoms with Gasteiger partial charge in [-0.15, -0.1) is 0 Å². The highest BCUT2D eigenvalue weighted by Gasteiger charge is 2.11. The molecule has 1 aromatic heterocycles. The zero-order chi connectivity index (χ0) is 10.8. The fourth-order valence-electron chi connectivity index (χ4n) is 1.29. The number of hydrogen-bond donors (Lipinski definition) is 0. The average molecular weight is 226 g/mol. The predicted molar refractivity (Wildman–Crippen MR) is 54.6 cm³/mol. The lowest BCUT2D eigenvalue weighted by Crippen LogP contribution is -1.90. The molecule has 0 saturated heterocycles. The number of halogens is 3. The highest BCUT2D eigenvalue weighted by molar-refractivity contribution is 6.33. The van der Waals surface area contributed by atoms with Gasteiger partial charge in [0.2, 0.25) is 0 Å². The molecule has 4 heteroatoms. The van der Waals surface area contributed by atoms with Crippen molar-refractivity contribution >= 4 is 11.6 Å². The lowest BCUT2D eigenvalue weighted by Gasteiger charge is -2.05. The zero-order valence-electron chi connectivity index (χ0n) is 7.55. The molecule has 0 amide bonds. The van der Waals surface area contributed by atoms with Crippen LogP contribution >= 0.6 is 11.6 Å². The summed E-state index contributed by atoms with van der Waals surface area (Å²) >= 11 is 5.85. The quantitative estimate of drug-likeness (QED) is 0.722. The van der Waals surface area contributed by atoms with Gasteiger partial charge < -0.3 is 0 Å². The molecule has 2 rings (SSSR count). The van der Waals surface area contributed by atoms with Gasteiger partial charge in [0.1, 0.15) is 0 Å². The van der Waals surface area contributed by atoms with Crippen molar-refractivity contribution in [2.75, 3.05) is 0 Å². The SMILES string of the molecule is Fc1cccc(-c2cnccc2Cl)c1F. The molecule has 15 heavy (non-hydrogen) atoms. The maximum Gasteiger partial charge on any atom is 0.166 e. The van der Waals surface area contributed by atoms with Crippen molar-refractivity contribution in [2.24, 2.45) is 0 Å². The van der Waals surface area contributed by atoms with E-state index in [0.29, 0.717) is 10.6 Å². The molecule has 0 saturated carbocycles. The van der Waals surface area contributed by atoms with E-state index in [2.05, 4.69) is 4.98 Å². The van der Waals surface area contributed by atoms with Crippen LogP contribution in [-0.4, -0.2) is 4.98 Å².